The van der Waals surface area contributed by atoms with Gasteiger partial charge < -0.3 is 10.2 Å². The number of thiophene rings is 1. The molecule has 4 heterocycles. The number of carbonyl (C=O) groups excluding carboxylic acids is 1. The zero-order valence-corrected chi connectivity index (χ0v) is 17.8. The molecule has 0 unspecified atom stereocenters. The Bertz CT molecular complexity index is 1070. The molecule has 1 aliphatic heterocycles. The summed E-state index contributed by atoms with van der Waals surface area (Å²) in [6.45, 7) is 2.00. The molecule has 1 fully saturated rings. The molecular weight excluding hydrogens is 424 g/mol. The minimum atomic E-state index is -3.45. The number of aromatic amines is 1. The smallest absolute Gasteiger partial charge is 0.271 e. The molecule has 158 valence electrons. The molecule has 0 atom stereocenters. The quantitative estimate of drug-likeness (QED) is 0.568. The number of nitrogens with zero attached hydrogens (tertiary/aromatic N) is 4. The highest BCUT2D eigenvalue weighted by atomic mass is 32.2. The monoisotopic (exact) mass is 446 g/mol. The highest BCUT2D eigenvalue weighted by molar-refractivity contribution is 7.89. The Labute approximate surface area is 178 Å². The van der Waals surface area contributed by atoms with E-state index in [0.29, 0.717) is 26.2 Å². The van der Waals surface area contributed by atoms with E-state index < -0.39 is 15.9 Å². The third-order valence-electron chi connectivity index (χ3n) is 4.85. The van der Waals surface area contributed by atoms with Crippen LogP contribution in [0.15, 0.2) is 48.0 Å². The Balaban J connectivity index is 1.26. The Morgan fingerprint density at radius 2 is 2.00 bits per heavy atom. The summed E-state index contributed by atoms with van der Waals surface area (Å²) in [4.78, 5) is 19.6. The topological polar surface area (TPSA) is 111 Å². The zero-order valence-electron chi connectivity index (χ0n) is 16.2. The van der Waals surface area contributed by atoms with Crippen molar-refractivity contribution in [2.45, 2.75) is 0 Å². The molecule has 11 heteroatoms. The van der Waals surface area contributed by atoms with Crippen molar-refractivity contribution in [2.24, 2.45) is 0 Å². The van der Waals surface area contributed by atoms with E-state index in [0.717, 1.165) is 16.4 Å². The number of rotatable bonds is 7. The highest BCUT2D eigenvalue weighted by Gasteiger charge is 2.27. The highest BCUT2D eigenvalue weighted by Crippen LogP contribution is 2.22. The van der Waals surface area contributed by atoms with Crippen LogP contribution in [0, 0.1) is 0 Å². The number of carbonyl (C=O) groups is 1. The van der Waals surface area contributed by atoms with Crippen molar-refractivity contribution in [3.63, 3.8) is 0 Å². The lowest BCUT2D eigenvalue weighted by Gasteiger charge is -2.34. The fourth-order valence-electron chi connectivity index (χ4n) is 3.25. The summed E-state index contributed by atoms with van der Waals surface area (Å²) in [7, 11) is -3.45. The van der Waals surface area contributed by atoms with Gasteiger partial charge in [0, 0.05) is 38.9 Å². The third-order valence-corrected chi connectivity index (χ3v) is 7.62. The molecule has 4 rings (SSSR count). The summed E-state index contributed by atoms with van der Waals surface area (Å²) in [6, 6.07) is 11.2. The first kappa shape index (κ1) is 20.5. The lowest BCUT2D eigenvalue weighted by atomic mass is 10.3. The SMILES string of the molecule is O=C(NCCS(=O)(=O)N1CCN(c2ccccn2)CC1)c1cc(-c2cccs2)[nH]n1. The molecule has 1 aliphatic rings. The van der Waals surface area contributed by atoms with Crippen LogP contribution in [0.4, 0.5) is 5.82 Å². The molecule has 0 radical (unpaired) electrons. The van der Waals surface area contributed by atoms with Crippen LogP contribution < -0.4 is 10.2 Å². The van der Waals surface area contributed by atoms with Crippen molar-refractivity contribution in [3.8, 4) is 10.6 Å². The number of hydrogen-bond acceptors (Lipinski definition) is 7. The summed E-state index contributed by atoms with van der Waals surface area (Å²) in [5.41, 5.74) is 0.994. The second kappa shape index (κ2) is 8.94. The van der Waals surface area contributed by atoms with Crippen LogP contribution in [-0.4, -0.2) is 72.3 Å². The van der Waals surface area contributed by atoms with E-state index in [4.69, 9.17) is 0 Å². The van der Waals surface area contributed by atoms with Crippen LogP contribution in [0.2, 0.25) is 0 Å². The first-order valence-electron chi connectivity index (χ1n) is 9.54. The van der Waals surface area contributed by atoms with Gasteiger partial charge in [0.1, 0.15) is 5.82 Å². The van der Waals surface area contributed by atoms with Gasteiger partial charge in [-0.2, -0.15) is 9.40 Å². The van der Waals surface area contributed by atoms with Crippen LogP contribution >= 0.6 is 11.3 Å². The lowest BCUT2D eigenvalue weighted by Crippen LogP contribution is -2.50. The van der Waals surface area contributed by atoms with Gasteiger partial charge in [-0.05, 0) is 29.6 Å². The lowest BCUT2D eigenvalue weighted by molar-refractivity contribution is 0.0951. The van der Waals surface area contributed by atoms with Crippen molar-refractivity contribution in [2.75, 3.05) is 43.4 Å². The molecule has 0 spiro atoms. The molecule has 30 heavy (non-hydrogen) atoms. The van der Waals surface area contributed by atoms with E-state index in [9.17, 15) is 13.2 Å². The zero-order chi connectivity index (χ0) is 21.0. The van der Waals surface area contributed by atoms with Crippen molar-refractivity contribution in [3.05, 3.63) is 53.7 Å². The van der Waals surface area contributed by atoms with Crippen molar-refractivity contribution in [1.82, 2.24) is 24.8 Å². The maximum absolute atomic E-state index is 12.6. The second-order valence-electron chi connectivity index (χ2n) is 6.79. The predicted octanol–water partition coefficient (Wildman–Crippen LogP) is 1.42. The Morgan fingerprint density at radius 1 is 1.17 bits per heavy atom. The van der Waals surface area contributed by atoms with Crippen molar-refractivity contribution in [1.29, 1.82) is 0 Å². The van der Waals surface area contributed by atoms with E-state index in [-0.39, 0.29) is 18.0 Å². The van der Waals surface area contributed by atoms with Crippen LogP contribution in [0.5, 0.6) is 0 Å². The number of piperazine rings is 1. The maximum atomic E-state index is 12.6. The number of amides is 1. The molecule has 9 nitrogen and oxygen atoms in total. The molecule has 0 aromatic carbocycles. The molecule has 0 bridgehead atoms. The van der Waals surface area contributed by atoms with Gasteiger partial charge >= 0.3 is 0 Å². The number of aromatic nitrogens is 3. The summed E-state index contributed by atoms with van der Waals surface area (Å²) < 4.78 is 26.7. The number of anilines is 1. The largest absolute Gasteiger partial charge is 0.354 e. The van der Waals surface area contributed by atoms with Crippen LogP contribution in [-0.2, 0) is 10.0 Å². The molecule has 1 amide bonds. The fourth-order valence-corrected chi connectivity index (χ4v) is 5.28. The van der Waals surface area contributed by atoms with Crippen LogP contribution in [0.1, 0.15) is 10.5 Å². The summed E-state index contributed by atoms with van der Waals surface area (Å²) >= 11 is 1.54. The normalized spacial score (nSPS) is 15.3. The van der Waals surface area contributed by atoms with Crippen molar-refractivity contribution < 1.29 is 13.2 Å². The first-order chi connectivity index (χ1) is 14.5. The maximum Gasteiger partial charge on any atom is 0.271 e. The summed E-state index contributed by atoms with van der Waals surface area (Å²) in [6.07, 6.45) is 1.73. The second-order valence-corrected chi connectivity index (χ2v) is 9.83. The number of H-pyrrole nitrogens is 1. The molecule has 0 saturated carbocycles. The Hall–Kier alpha value is -2.76. The van der Waals surface area contributed by atoms with Gasteiger partial charge in [-0.15, -0.1) is 11.3 Å². The van der Waals surface area contributed by atoms with Crippen LogP contribution in [0.3, 0.4) is 0 Å². The molecule has 0 aliphatic carbocycles. The average molecular weight is 447 g/mol. The number of hydrogen-bond donors (Lipinski definition) is 2. The number of sulfonamides is 1. The molecule has 2 N–H and O–H groups in total. The number of nitrogens with one attached hydrogen (secondary N) is 2. The Kier molecular flexibility index (Phi) is 6.11. The fraction of sp³-hybridized carbons (Fsp3) is 0.316. The summed E-state index contributed by atoms with van der Waals surface area (Å²) in [5.74, 6) is 0.303. The molecular formula is C19H22N6O3S2. The van der Waals surface area contributed by atoms with Gasteiger partial charge in [-0.1, -0.05) is 12.1 Å². The van der Waals surface area contributed by atoms with Gasteiger partial charge in [0.2, 0.25) is 10.0 Å². The van der Waals surface area contributed by atoms with Gasteiger partial charge in [0.05, 0.1) is 16.3 Å². The van der Waals surface area contributed by atoms with Gasteiger partial charge in [-0.25, -0.2) is 13.4 Å². The van der Waals surface area contributed by atoms with Crippen molar-refractivity contribution >= 4 is 33.1 Å². The minimum Gasteiger partial charge on any atom is -0.354 e. The molecule has 3 aromatic rings. The predicted molar refractivity (Wildman–Crippen MR) is 116 cm³/mol. The number of pyridine rings is 1. The minimum absolute atomic E-state index is 0.0306. The Morgan fingerprint density at radius 3 is 2.70 bits per heavy atom. The van der Waals surface area contributed by atoms with E-state index >= 15 is 0 Å². The average Bonchev–Trinajstić information content (AvgIpc) is 3.46. The molecule has 1 saturated heterocycles. The van der Waals surface area contributed by atoms with E-state index in [1.165, 1.54) is 4.31 Å². The first-order valence-corrected chi connectivity index (χ1v) is 12.0. The standard InChI is InChI=1S/C19H22N6O3S2/c26-19(16-14-15(22-23-16)17-4-3-12-29-17)21-7-13-30(27,28)25-10-8-24(9-11-25)18-5-1-2-6-20-18/h1-6,12,14H,7-11,13H2,(H,21,26)(H,22,23). The van der Waals surface area contributed by atoms with Gasteiger partial charge in [0.25, 0.3) is 5.91 Å². The van der Waals surface area contributed by atoms with E-state index in [1.807, 2.05) is 35.7 Å². The van der Waals surface area contributed by atoms with Gasteiger partial charge in [0.15, 0.2) is 5.69 Å². The summed E-state index contributed by atoms with van der Waals surface area (Å²) in [5, 5.41) is 11.4. The van der Waals surface area contributed by atoms with Crippen LogP contribution in [0.25, 0.3) is 10.6 Å². The van der Waals surface area contributed by atoms with Gasteiger partial charge in [-0.3, -0.25) is 9.89 Å². The van der Waals surface area contributed by atoms with E-state index in [2.05, 4.69) is 25.4 Å². The third kappa shape index (κ3) is 4.69. The van der Waals surface area contributed by atoms with E-state index in [1.54, 1.807) is 23.6 Å². The molecule has 3 aromatic heterocycles.